The number of carboxylic acid groups (broad SMARTS) is 1. The Morgan fingerprint density at radius 2 is 0.889 bits per heavy atom. The van der Waals surface area contributed by atoms with E-state index >= 15 is 0 Å². The lowest BCUT2D eigenvalue weighted by Crippen LogP contribution is -2.47. The number of amides is 8. The highest BCUT2D eigenvalue weighted by Gasteiger charge is 2.24. The molecule has 0 aliphatic carbocycles. The van der Waals surface area contributed by atoms with E-state index < -0.39 is 73.0 Å². The van der Waals surface area contributed by atoms with Crippen LogP contribution in [0.15, 0.2) is 12.2 Å². The minimum atomic E-state index is -1.25. The molecule has 0 fully saturated rings. The van der Waals surface area contributed by atoms with Gasteiger partial charge in [-0.15, -0.1) is 0 Å². The summed E-state index contributed by atoms with van der Waals surface area (Å²) < 4.78 is 53.7. The van der Waals surface area contributed by atoms with Crippen molar-refractivity contribution in [2.24, 2.45) is 0 Å². The van der Waals surface area contributed by atoms with Crippen LogP contribution in [0.3, 0.4) is 0 Å². The van der Waals surface area contributed by atoms with Crippen molar-refractivity contribution >= 4 is 53.2 Å². The van der Waals surface area contributed by atoms with Crippen LogP contribution in [-0.4, -0.2) is 241 Å². The Morgan fingerprint density at radius 3 is 1.36 bits per heavy atom. The van der Waals surface area contributed by atoms with Crippen molar-refractivity contribution in [2.75, 3.05) is 172 Å². The van der Waals surface area contributed by atoms with E-state index in [1.165, 1.54) is 0 Å². The molecule has 1 rings (SSSR count). The number of carbonyl (C=O) groups excluding carboxylic acids is 8. The zero-order valence-corrected chi connectivity index (χ0v) is 41.5. The normalized spacial score (nSPS) is 12.4. The molecule has 0 aromatic heterocycles. The topological polar surface area (TPSA) is 342 Å². The third kappa shape index (κ3) is 39.4. The standard InChI is InChI=1S/C45H77N7O20/c1-63-14-15-64-16-17-65-18-19-66-20-21-67-22-23-68-24-25-69-26-27-70-28-29-71-30-31-72-35-41(57)46-11-3-2-6-36(51-38(54)8-5-13-52-42(58)9-10-43(52)59)45(62)47-12-4-7-37(53)48-32-39(55)49-33-40(56)50-34-44(60)61/h9-10,36H,2-8,11-35H2,1H3,(H,46,57)(H,47,62)(H,48,53)(H,49,55)(H,50,56)(H,51,54)(H,60,61)/t36-/m0/s1. The van der Waals surface area contributed by atoms with Crippen molar-refractivity contribution in [1.29, 1.82) is 0 Å². The first kappa shape index (κ1) is 64.8. The monoisotopic (exact) mass is 1040 g/mol. The van der Waals surface area contributed by atoms with Gasteiger partial charge in [0.05, 0.1) is 132 Å². The van der Waals surface area contributed by atoms with Gasteiger partial charge >= 0.3 is 5.97 Å². The lowest BCUT2D eigenvalue weighted by molar-refractivity contribution is -0.138. The van der Waals surface area contributed by atoms with Crippen LogP contribution in [0.4, 0.5) is 0 Å². The Bertz CT molecular complexity index is 1570. The summed E-state index contributed by atoms with van der Waals surface area (Å²) >= 11 is 0. The molecule has 27 nitrogen and oxygen atoms in total. The maximum absolute atomic E-state index is 13.1. The Hall–Kier alpha value is -5.23. The number of rotatable bonds is 50. The molecule has 27 heteroatoms. The highest BCUT2D eigenvalue weighted by atomic mass is 16.6. The van der Waals surface area contributed by atoms with Gasteiger partial charge in [0.2, 0.25) is 35.4 Å². The molecule has 0 bridgehead atoms. The number of carboxylic acids is 1. The first-order chi connectivity index (χ1) is 34.9. The van der Waals surface area contributed by atoms with Gasteiger partial charge in [0.25, 0.3) is 11.8 Å². The van der Waals surface area contributed by atoms with E-state index in [0.717, 1.165) is 17.1 Å². The Balaban J connectivity index is 2.13. The van der Waals surface area contributed by atoms with E-state index in [-0.39, 0.29) is 77.5 Å². The molecule has 1 heterocycles. The van der Waals surface area contributed by atoms with Crippen LogP contribution in [0.25, 0.3) is 0 Å². The molecule has 1 atom stereocenters. The van der Waals surface area contributed by atoms with Gasteiger partial charge in [-0.2, -0.15) is 0 Å². The summed E-state index contributed by atoms with van der Waals surface area (Å²) in [6.45, 7) is 6.48. The zero-order valence-electron chi connectivity index (χ0n) is 41.5. The van der Waals surface area contributed by atoms with E-state index in [2.05, 4.69) is 31.9 Å². The van der Waals surface area contributed by atoms with E-state index in [4.69, 9.17) is 52.5 Å². The number of ether oxygens (including phenoxy) is 10. The molecule has 0 radical (unpaired) electrons. The molecule has 0 aromatic carbocycles. The number of hydrogen-bond donors (Lipinski definition) is 7. The van der Waals surface area contributed by atoms with Gasteiger partial charge in [-0.3, -0.25) is 48.1 Å². The molecule has 1 aliphatic rings. The second kappa shape index (κ2) is 45.6. The van der Waals surface area contributed by atoms with E-state index in [1.807, 2.05) is 0 Å². The maximum atomic E-state index is 13.1. The summed E-state index contributed by atoms with van der Waals surface area (Å²) in [6, 6.07) is -0.960. The third-order valence-electron chi connectivity index (χ3n) is 9.43. The van der Waals surface area contributed by atoms with Crippen LogP contribution in [0.2, 0.25) is 0 Å². The predicted molar refractivity (Wildman–Crippen MR) is 252 cm³/mol. The second-order valence-electron chi connectivity index (χ2n) is 15.3. The van der Waals surface area contributed by atoms with Crippen LogP contribution in [0.1, 0.15) is 44.9 Å². The Kier molecular flexibility index (Phi) is 41.0. The number of nitrogens with one attached hydrogen (secondary N) is 6. The van der Waals surface area contributed by atoms with Crippen molar-refractivity contribution in [3.63, 3.8) is 0 Å². The smallest absolute Gasteiger partial charge is 0.322 e. The van der Waals surface area contributed by atoms with Crippen molar-refractivity contribution in [2.45, 2.75) is 51.0 Å². The quantitative estimate of drug-likeness (QED) is 0.0231. The maximum Gasteiger partial charge on any atom is 0.322 e. The van der Waals surface area contributed by atoms with Crippen LogP contribution < -0.4 is 31.9 Å². The molecule has 0 saturated carbocycles. The lowest BCUT2D eigenvalue weighted by Gasteiger charge is -2.19. The minimum Gasteiger partial charge on any atom is -0.480 e. The van der Waals surface area contributed by atoms with E-state index in [9.17, 15) is 43.2 Å². The van der Waals surface area contributed by atoms with Gasteiger partial charge in [-0.05, 0) is 32.1 Å². The highest BCUT2D eigenvalue weighted by Crippen LogP contribution is 2.07. The summed E-state index contributed by atoms with van der Waals surface area (Å²) in [7, 11) is 1.63. The fourth-order valence-electron chi connectivity index (χ4n) is 5.73. The predicted octanol–water partition coefficient (Wildman–Crippen LogP) is -3.41. The van der Waals surface area contributed by atoms with Crippen molar-refractivity contribution in [3.8, 4) is 0 Å². The molecule has 0 unspecified atom stereocenters. The molecule has 0 aromatic rings. The number of unbranched alkanes of at least 4 members (excludes halogenated alkanes) is 1. The summed E-state index contributed by atoms with van der Waals surface area (Å²) in [4.78, 5) is 109. The zero-order chi connectivity index (χ0) is 52.7. The van der Waals surface area contributed by atoms with Crippen molar-refractivity contribution < 1.29 is 95.6 Å². The fraction of sp³-hybridized carbons (Fsp3) is 0.756. The lowest BCUT2D eigenvalue weighted by atomic mass is 10.1. The number of nitrogens with zero attached hydrogens (tertiary/aromatic N) is 1. The SMILES string of the molecule is COCCOCCOCCOCCOCCOCCOCCOCCOCCOCC(=O)NCCCC[C@H](NC(=O)CCCN1C(=O)C=CC1=O)C(=O)NCCCC(=O)NCC(=O)NCC(=O)NCC(=O)O. The minimum absolute atomic E-state index is 0.0323. The number of methoxy groups -OCH3 is 1. The molecular weight excluding hydrogens is 959 g/mol. The van der Waals surface area contributed by atoms with Gasteiger partial charge < -0.3 is 84.4 Å². The summed E-state index contributed by atoms with van der Waals surface area (Å²) in [6.07, 6.45) is 3.66. The number of hydrogen-bond acceptors (Lipinski definition) is 19. The number of aliphatic carboxylic acids is 1. The van der Waals surface area contributed by atoms with Crippen molar-refractivity contribution in [1.82, 2.24) is 36.8 Å². The fourth-order valence-corrected chi connectivity index (χ4v) is 5.73. The average Bonchev–Trinajstić information content (AvgIpc) is 3.68. The molecular formula is C45H77N7O20. The van der Waals surface area contributed by atoms with Crippen LogP contribution in [0.5, 0.6) is 0 Å². The molecule has 0 saturated heterocycles. The van der Waals surface area contributed by atoms with Crippen molar-refractivity contribution in [3.05, 3.63) is 12.2 Å². The first-order valence-electron chi connectivity index (χ1n) is 24.0. The van der Waals surface area contributed by atoms with E-state index in [0.29, 0.717) is 119 Å². The Morgan fingerprint density at radius 1 is 0.472 bits per heavy atom. The van der Waals surface area contributed by atoms with Crippen LogP contribution in [-0.2, 0) is 90.5 Å². The molecule has 1 aliphatic heterocycles. The van der Waals surface area contributed by atoms with Gasteiger partial charge in [0.15, 0.2) is 0 Å². The summed E-state index contributed by atoms with van der Waals surface area (Å²) in [5.74, 6) is -5.40. The van der Waals surface area contributed by atoms with Crippen LogP contribution in [0, 0.1) is 0 Å². The third-order valence-corrected chi connectivity index (χ3v) is 9.43. The van der Waals surface area contributed by atoms with Gasteiger partial charge in [0.1, 0.15) is 19.2 Å². The van der Waals surface area contributed by atoms with Gasteiger partial charge in [-0.1, -0.05) is 0 Å². The van der Waals surface area contributed by atoms with Crippen LogP contribution >= 0.6 is 0 Å². The first-order valence-corrected chi connectivity index (χ1v) is 24.0. The molecule has 7 N–H and O–H groups in total. The van der Waals surface area contributed by atoms with E-state index in [1.54, 1.807) is 7.11 Å². The number of imide groups is 1. The second-order valence-corrected chi connectivity index (χ2v) is 15.3. The summed E-state index contributed by atoms with van der Waals surface area (Å²) in [5, 5.41) is 23.4. The average molecular weight is 1040 g/mol. The molecule has 8 amide bonds. The molecule has 72 heavy (non-hydrogen) atoms. The Labute approximate surface area is 420 Å². The largest absolute Gasteiger partial charge is 0.480 e. The molecule has 0 spiro atoms. The van der Waals surface area contributed by atoms with Gasteiger partial charge in [-0.25, -0.2) is 0 Å². The highest BCUT2D eigenvalue weighted by molar-refractivity contribution is 6.12. The van der Waals surface area contributed by atoms with Gasteiger partial charge in [0, 0.05) is 51.7 Å². The number of carbonyl (C=O) groups is 9. The molecule has 412 valence electrons. The summed E-state index contributed by atoms with van der Waals surface area (Å²) in [5.41, 5.74) is 0.